The van der Waals surface area contributed by atoms with Crippen LogP contribution >= 0.6 is 8.22 Å². The standard InChI is InChI=1S/C33H27N2P/c1-33(2)28-20-10-9-18-26(28)27-19-13-23-31(32(27)33)35-30-22-12-11-21-29(30)34(24-14-5-3-6-15-24)36(35)25-16-7-4-8-17-25/h3-23H,1-2H3. The van der Waals surface area contributed by atoms with Crippen LogP contribution in [-0.2, 0) is 5.41 Å². The van der Waals surface area contributed by atoms with Gasteiger partial charge in [0.25, 0.3) is 0 Å². The molecule has 36 heavy (non-hydrogen) atoms. The first-order valence-electron chi connectivity index (χ1n) is 12.5. The van der Waals surface area contributed by atoms with E-state index in [4.69, 9.17) is 0 Å². The first kappa shape index (κ1) is 21.4. The summed E-state index contributed by atoms with van der Waals surface area (Å²) in [5.74, 6) is 0. The minimum absolute atomic E-state index is 0.0880. The third-order valence-corrected chi connectivity index (χ3v) is 9.89. The minimum Gasteiger partial charge on any atom is -0.297 e. The Morgan fingerprint density at radius 1 is 0.500 bits per heavy atom. The largest absolute Gasteiger partial charge is 0.297 e. The minimum atomic E-state index is -0.904. The van der Waals surface area contributed by atoms with E-state index in [1.165, 1.54) is 50.3 Å². The maximum atomic E-state index is 2.62. The van der Waals surface area contributed by atoms with Crippen LogP contribution in [0.1, 0.15) is 25.0 Å². The van der Waals surface area contributed by atoms with Crippen LogP contribution in [0.5, 0.6) is 0 Å². The van der Waals surface area contributed by atoms with Gasteiger partial charge in [0.1, 0.15) is 8.22 Å². The van der Waals surface area contributed by atoms with Crippen molar-refractivity contribution in [3.05, 3.63) is 139 Å². The summed E-state index contributed by atoms with van der Waals surface area (Å²) in [4.78, 5) is 0. The maximum absolute atomic E-state index is 2.62. The quantitative estimate of drug-likeness (QED) is 0.237. The highest BCUT2D eigenvalue weighted by molar-refractivity contribution is 7.70. The van der Waals surface area contributed by atoms with Crippen LogP contribution in [0.25, 0.3) is 11.1 Å². The van der Waals surface area contributed by atoms with Gasteiger partial charge in [0.05, 0.1) is 17.1 Å². The lowest BCUT2D eigenvalue weighted by atomic mass is 9.81. The summed E-state index contributed by atoms with van der Waals surface area (Å²) in [7, 11) is -0.904. The molecule has 5 aromatic carbocycles. The monoisotopic (exact) mass is 482 g/mol. The van der Waals surface area contributed by atoms with E-state index >= 15 is 0 Å². The van der Waals surface area contributed by atoms with Crippen molar-refractivity contribution in [2.24, 2.45) is 0 Å². The molecule has 2 nitrogen and oxygen atoms in total. The smallest absolute Gasteiger partial charge is 0.138 e. The molecule has 0 N–H and O–H groups in total. The molecule has 0 saturated heterocycles. The van der Waals surface area contributed by atoms with Gasteiger partial charge >= 0.3 is 0 Å². The summed E-state index contributed by atoms with van der Waals surface area (Å²) >= 11 is 0. The normalized spacial score (nSPS) is 17.0. The number of fused-ring (bicyclic) bond motifs is 4. The molecule has 1 atom stereocenters. The molecule has 0 aromatic heterocycles. The number of hydrogen-bond donors (Lipinski definition) is 0. The van der Waals surface area contributed by atoms with Gasteiger partial charge in [0, 0.05) is 16.4 Å². The lowest BCUT2D eigenvalue weighted by molar-refractivity contribution is 0.661. The molecule has 0 amide bonds. The van der Waals surface area contributed by atoms with E-state index in [2.05, 4.69) is 151 Å². The Balaban J connectivity index is 1.52. The molecule has 1 aliphatic carbocycles. The first-order valence-corrected chi connectivity index (χ1v) is 13.7. The predicted octanol–water partition coefficient (Wildman–Crippen LogP) is 8.92. The van der Waals surface area contributed by atoms with Crippen molar-refractivity contribution < 1.29 is 0 Å². The number of hydrogen-bond acceptors (Lipinski definition) is 2. The molecule has 174 valence electrons. The summed E-state index contributed by atoms with van der Waals surface area (Å²) in [6, 6.07) is 46.5. The lowest BCUT2D eigenvalue weighted by Crippen LogP contribution is -2.25. The number of anilines is 4. The molecule has 0 radical (unpaired) electrons. The van der Waals surface area contributed by atoms with Crippen molar-refractivity contribution in [2.75, 3.05) is 9.34 Å². The van der Waals surface area contributed by atoms with Crippen LogP contribution in [0.3, 0.4) is 0 Å². The SMILES string of the molecule is CC1(C)c2ccccc2-c2cccc(N3c4ccccc4N(c4ccccc4)P3c3ccccc3)c21. The van der Waals surface area contributed by atoms with Crippen LogP contribution in [-0.4, -0.2) is 0 Å². The fourth-order valence-corrected chi connectivity index (χ4v) is 8.50. The third-order valence-electron chi connectivity index (χ3n) is 7.49. The van der Waals surface area contributed by atoms with E-state index in [-0.39, 0.29) is 5.41 Å². The third kappa shape index (κ3) is 3.01. The molecule has 1 heterocycles. The molecule has 5 aromatic rings. The van der Waals surface area contributed by atoms with Crippen molar-refractivity contribution in [1.29, 1.82) is 0 Å². The first-order chi connectivity index (χ1) is 17.7. The zero-order chi connectivity index (χ0) is 24.3. The summed E-state index contributed by atoms with van der Waals surface area (Å²) in [6.07, 6.45) is 0. The second-order valence-electron chi connectivity index (χ2n) is 9.94. The van der Waals surface area contributed by atoms with E-state index in [1.807, 2.05) is 0 Å². The molecule has 0 fully saturated rings. The second-order valence-corrected chi connectivity index (χ2v) is 11.8. The molecule has 3 heteroatoms. The van der Waals surface area contributed by atoms with Crippen LogP contribution in [0.15, 0.2) is 127 Å². The number of para-hydroxylation sites is 3. The van der Waals surface area contributed by atoms with Gasteiger partial charge in [-0.3, -0.25) is 9.34 Å². The van der Waals surface area contributed by atoms with Gasteiger partial charge in [-0.25, -0.2) is 0 Å². The Labute approximate surface area is 214 Å². The van der Waals surface area contributed by atoms with E-state index < -0.39 is 8.22 Å². The fraction of sp³-hybridized carbons (Fsp3) is 0.0909. The fourth-order valence-electron chi connectivity index (χ4n) is 5.95. The number of nitrogens with zero attached hydrogens (tertiary/aromatic N) is 2. The highest BCUT2D eigenvalue weighted by Crippen LogP contribution is 2.67. The Bertz CT molecular complexity index is 1580. The van der Waals surface area contributed by atoms with E-state index in [0.29, 0.717) is 0 Å². The van der Waals surface area contributed by atoms with Gasteiger partial charge in [-0.05, 0) is 52.6 Å². The zero-order valence-electron chi connectivity index (χ0n) is 20.5. The highest BCUT2D eigenvalue weighted by atomic mass is 31.1. The number of benzene rings is 5. The van der Waals surface area contributed by atoms with Crippen molar-refractivity contribution in [3.8, 4) is 11.1 Å². The van der Waals surface area contributed by atoms with Crippen molar-refractivity contribution in [3.63, 3.8) is 0 Å². The molecule has 7 rings (SSSR count). The summed E-state index contributed by atoms with van der Waals surface area (Å²) < 4.78 is 5.17. The Hall–Kier alpha value is -3.87. The average Bonchev–Trinajstić information content (AvgIpc) is 3.40. The van der Waals surface area contributed by atoms with Gasteiger partial charge < -0.3 is 0 Å². The molecule has 1 unspecified atom stereocenters. The van der Waals surface area contributed by atoms with Crippen molar-refractivity contribution in [1.82, 2.24) is 0 Å². The predicted molar refractivity (Wildman–Crippen MR) is 154 cm³/mol. The Kier molecular flexibility index (Phi) is 4.81. The van der Waals surface area contributed by atoms with Crippen molar-refractivity contribution in [2.45, 2.75) is 19.3 Å². The van der Waals surface area contributed by atoms with Crippen LogP contribution in [0, 0.1) is 0 Å². The molecule has 2 aliphatic rings. The average molecular weight is 483 g/mol. The van der Waals surface area contributed by atoms with Crippen LogP contribution < -0.4 is 14.6 Å². The van der Waals surface area contributed by atoms with E-state index in [0.717, 1.165) is 0 Å². The second kappa shape index (κ2) is 8.08. The summed E-state index contributed by atoms with van der Waals surface area (Å²) in [5.41, 5.74) is 10.5. The van der Waals surface area contributed by atoms with Gasteiger partial charge in [-0.1, -0.05) is 111 Å². The van der Waals surface area contributed by atoms with Gasteiger partial charge in [-0.15, -0.1) is 0 Å². The molecule has 0 spiro atoms. The van der Waals surface area contributed by atoms with E-state index in [1.54, 1.807) is 0 Å². The maximum Gasteiger partial charge on any atom is 0.138 e. The lowest BCUT2D eigenvalue weighted by Gasteiger charge is -2.35. The molecule has 1 aliphatic heterocycles. The molecular formula is C33H27N2P. The highest BCUT2D eigenvalue weighted by Gasteiger charge is 2.44. The van der Waals surface area contributed by atoms with E-state index in [9.17, 15) is 0 Å². The summed E-state index contributed by atoms with van der Waals surface area (Å²) in [5, 5.41) is 1.33. The zero-order valence-corrected chi connectivity index (χ0v) is 21.4. The van der Waals surface area contributed by atoms with Crippen LogP contribution in [0.4, 0.5) is 22.7 Å². The molecule has 0 saturated carbocycles. The van der Waals surface area contributed by atoms with Gasteiger partial charge in [-0.2, -0.15) is 0 Å². The van der Waals surface area contributed by atoms with Crippen molar-refractivity contribution >= 4 is 36.3 Å². The Morgan fingerprint density at radius 3 is 1.81 bits per heavy atom. The summed E-state index contributed by atoms with van der Waals surface area (Å²) in [6.45, 7) is 4.76. The van der Waals surface area contributed by atoms with Gasteiger partial charge in [0.2, 0.25) is 0 Å². The van der Waals surface area contributed by atoms with Crippen LogP contribution in [0.2, 0.25) is 0 Å². The topological polar surface area (TPSA) is 6.48 Å². The molecular weight excluding hydrogens is 455 g/mol. The number of rotatable bonds is 3. The Morgan fingerprint density at radius 2 is 1.06 bits per heavy atom. The van der Waals surface area contributed by atoms with Gasteiger partial charge in [0.15, 0.2) is 0 Å². The molecule has 0 bridgehead atoms.